The third-order valence-electron chi connectivity index (χ3n) is 8.08. The van der Waals surface area contributed by atoms with Gasteiger partial charge in [0.1, 0.15) is 12.0 Å². The van der Waals surface area contributed by atoms with Crippen LogP contribution in [0.4, 0.5) is 39.0 Å². The second-order valence-corrected chi connectivity index (χ2v) is 15.9. The standard InChI is InChI=1S/C17H25F3N4OS.C17H24F2N4O2S.C7H8N2O.CH5N/c1-11-9-12(17(2,19)20)10-13(15(11)26-8-6-21)24-14(25)5-3-4-7-23-16(18)22;1-3-26-16-13(22-11-24)8-12(17(2,18)19)9-14(16)23-15(25)6-4-5-7-21-10-20;1-5-3-7(6(2)10)9-4-8-5;1-2/h9-10H,3-8,21H2,1-2H3,(H2,22,23)(H,24,25);8-11H,3-7H2,1-2H3,(H2,20,21)(H,22,24)(H,23,25);3-4H,1-2H3;2H2,1H3. The number of aromatic nitrogens is 2. The predicted octanol–water partition coefficient (Wildman–Crippen LogP) is 7.69. The number of anilines is 3. The van der Waals surface area contributed by atoms with Crippen molar-refractivity contribution in [3.05, 3.63) is 64.7 Å². The maximum absolute atomic E-state index is 13.8. The highest BCUT2D eigenvalue weighted by Gasteiger charge is 2.28. The van der Waals surface area contributed by atoms with E-state index in [0.717, 1.165) is 24.4 Å². The average Bonchev–Trinajstić information content (AvgIpc) is 3.22. The Hall–Kier alpha value is -5.19. The lowest BCUT2D eigenvalue weighted by Crippen LogP contribution is -2.15. The summed E-state index contributed by atoms with van der Waals surface area (Å²) < 4.78 is 67.2. The molecule has 0 fully saturated rings. The van der Waals surface area contributed by atoms with E-state index in [1.54, 1.807) is 13.0 Å². The van der Waals surface area contributed by atoms with Gasteiger partial charge in [0.2, 0.25) is 18.2 Å². The number of hydrogen-bond acceptors (Lipinski definition) is 12. The van der Waals surface area contributed by atoms with Crippen molar-refractivity contribution >= 4 is 77.0 Å². The number of carbonyl (C=O) groups is 4. The number of hydrogen-bond donors (Lipinski definition) is 7. The van der Waals surface area contributed by atoms with Crippen LogP contribution in [0.5, 0.6) is 0 Å². The molecule has 64 heavy (non-hydrogen) atoms. The molecular formula is C42H62F5N11O4S2. The molecule has 0 atom stereocenters. The summed E-state index contributed by atoms with van der Waals surface area (Å²) in [7, 11) is 1.50. The van der Waals surface area contributed by atoms with E-state index in [1.807, 2.05) is 13.8 Å². The Kier molecular flexibility index (Phi) is 29.1. The SMILES string of the molecule is CC(=O)c1cc(C)ncn1.CCSc1c(NC=O)cc(C(C)(F)F)cc1NC(=O)CCCCN=CN.CN.Cc1cc(C(C)(F)F)cc(NC(=O)CCCCN=C(N)F)c1SCCN. The topological polar surface area (TPSA) is 259 Å². The fraction of sp³-hybridized carbons (Fsp3) is 0.476. The molecule has 2 aromatic carbocycles. The number of nitrogens with two attached hydrogens (primary N) is 4. The monoisotopic (exact) mass is 943 g/mol. The second-order valence-electron chi connectivity index (χ2n) is 13.6. The van der Waals surface area contributed by atoms with Gasteiger partial charge in [0.15, 0.2) is 5.78 Å². The van der Waals surface area contributed by atoms with Crippen molar-refractivity contribution < 1.29 is 41.1 Å². The maximum atomic E-state index is 13.8. The van der Waals surface area contributed by atoms with E-state index in [2.05, 4.69) is 41.6 Å². The van der Waals surface area contributed by atoms with Crippen LogP contribution in [0.25, 0.3) is 0 Å². The lowest BCUT2D eigenvalue weighted by molar-refractivity contribution is -0.117. The van der Waals surface area contributed by atoms with E-state index >= 15 is 0 Å². The molecular weight excluding hydrogens is 882 g/mol. The predicted molar refractivity (Wildman–Crippen MR) is 250 cm³/mol. The van der Waals surface area contributed by atoms with Gasteiger partial charge < -0.3 is 38.9 Å². The summed E-state index contributed by atoms with van der Waals surface area (Å²) in [5.74, 6) is -5.46. The zero-order valence-corrected chi connectivity index (χ0v) is 39.0. The van der Waals surface area contributed by atoms with E-state index in [4.69, 9.17) is 17.2 Å². The second kappa shape index (κ2) is 31.6. The van der Waals surface area contributed by atoms with Crippen LogP contribution in [0.15, 0.2) is 56.4 Å². The minimum absolute atomic E-state index is 0.0227. The van der Waals surface area contributed by atoms with Crippen molar-refractivity contribution in [2.75, 3.05) is 54.1 Å². The Bertz CT molecular complexity index is 1980. The first kappa shape index (κ1) is 58.8. The van der Waals surface area contributed by atoms with E-state index in [1.165, 1.54) is 74.4 Å². The first-order chi connectivity index (χ1) is 30.2. The largest absolute Gasteiger partial charge is 0.390 e. The summed E-state index contributed by atoms with van der Waals surface area (Å²) >= 11 is 2.76. The molecule has 0 saturated heterocycles. The van der Waals surface area contributed by atoms with Crippen molar-refractivity contribution in [1.29, 1.82) is 0 Å². The van der Waals surface area contributed by atoms with Gasteiger partial charge in [-0.15, -0.1) is 23.5 Å². The highest BCUT2D eigenvalue weighted by molar-refractivity contribution is 7.99. The van der Waals surface area contributed by atoms with Crippen LogP contribution >= 0.6 is 23.5 Å². The summed E-state index contributed by atoms with van der Waals surface area (Å²) in [6.07, 6.45) is 4.74. The number of thioether (sulfide) groups is 2. The number of nitrogens with zero attached hydrogens (tertiary/aromatic N) is 4. The molecule has 15 nitrogen and oxygen atoms in total. The van der Waals surface area contributed by atoms with Gasteiger partial charge in [0, 0.05) is 80.7 Å². The minimum Gasteiger partial charge on any atom is -0.390 e. The quantitative estimate of drug-likeness (QED) is 0.00748. The van der Waals surface area contributed by atoms with Gasteiger partial charge in [-0.1, -0.05) is 6.92 Å². The number of ketones is 1. The van der Waals surface area contributed by atoms with Crippen molar-refractivity contribution in [3.8, 4) is 0 Å². The maximum Gasteiger partial charge on any atom is 0.275 e. The number of carbonyl (C=O) groups excluding carboxylic acids is 4. The van der Waals surface area contributed by atoms with Crippen LogP contribution in [0.3, 0.4) is 0 Å². The Morgan fingerprint density at radius 1 is 0.812 bits per heavy atom. The van der Waals surface area contributed by atoms with Crippen molar-refractivity contribution in [2.45, 2.75) is 102 Å². The lowest BCUT2D eigenvalue weighted by Gasteiger charge is -2.19. The number of unbranched alkanes of at least 4 members (excludes halogenated alkanes) is 2. The molecule has 22 heteroatoms. The molecule has 1 aromatic heterocycles. The number of aryl methyl sites for hydroxylation is 2. The molecule has 3 rings (SSSR count). The Labute approximate surface area is 380 Å². The molecule has 0 aliphatic heterocycles. The van der Waals surface area contributed by atoms with Crippen LogP contribution in [0, 0.1) is 13.8 Å². The molecule has 0 saturated carbocycles. The summed E-state index contributed by atoms with van der Waals surface area (Å²) in [5.41, 5.74) is 22.3. The molecule has 3 amide bonds. The Balaban J connectivity index is 0.000000989. The van der Waals surface area contributed by atoms with Crippen molar-refractivity contribution in [2.24, 2.45) is 32.9 Å². The molecule has 0 radical (unpaired) electrons. The van der Waals surface area contributed by atoms with Crippen LogP contribution < -0.4 is 38.9 Å². The summed E-state index contributed by atoms with van der Waals surface area (Å²) in [5, 5.41) is 7.83. The molecule has 0 unspecified atom stereocenters. The minimum atomic E-state index is -3.10. The smallest absolute Gasteiger partial charge is 0.275 e. The number of amides is 3. The van der Waals surface area contributed by atoms with Gasteiger partial charge in [-0.3, -0.25) is 24.2 Å². The zero-order valence-electron chi connectivity index (χ0n) is 37.3. The Morgan fingerprint density at radius 3 is 1.80 bits per heavy atom. The molecule has 356 valence electrons. The normalized spacial score (nSPS) is 11.2. The molecule has 0 spiro atoms. The van der Waals surface area contributed by atoms with Gasteiger partial charge in [-0.25, -0.2) is 32.5 Å². The van der Waals surface area contributed by atoms with Gasteiger partial charge in [-0.05, 0) is 88.2 Å². The Morgan fingerprint density at radius 2 is 1.34 bits per heavy atom. The molecule has 0 aliphatic carbocycles. The first-order valence-corrected chi connectivity index (χ1v) is 22.0. The summed E-state index contributed by atoms with van der Waals surface area (Å²) in [4.78, 5) is 62.0. The van der Waals surface area contributed by atoms with Crippen LogP contribution in [-0.4, -0.2) is 84.6 Å². The molecule has 11 N–H and O–H groups in total. The van der Waals surface area contributed by atoms with Crippen LogP contribution in [0.2, 0.25) is 0 Å². The fourth-order valence-electron chi connectivity index (χ4n) is 5.14. The van der Waals surface area contributed by atoms with Crippen LogP contribution in [0.1, 0.15) is 99.1 Å². The van der Waals surface area contributed by atoms with Gasteiger partial charge in [0.05, 0.1) is 28.3 Å². The van der Waals surface area contributed by atoms with Gasteiger partial charge >= 0.3 is 0 Å². The number of aliphatic imine (C=N–C) groups is 2. The zero-order chi connectivity index (χ0) is 48.9. The number of amidine groups is 1. The first-order valence-electron chi connectivity index (χ1n) is 20.1. The number of halogens is 5. The third kappa shape index (κ3) is 24.0. The highest BCUT2D eigenvalue weighted by atomic mass is 32.2. The fourth-order valence-corrected chi connectivity index (χ4v) is 6.84. The summed E-state index contributed by atoms with van der Waals surface area (Å²) in [6, 6.07) is 6.88. The highest BCUT2D eigenvalue weighted by Crippen LogP contribution is 2.40. The molecule has 3 aromatic rings. The average molecular weight is 944 g/mol. The lowest BCUT2D eigenvalue weighted by atomic mass is 10.1. The van der Waals surface area contributed by atoms with E-state index in [9.17, 15) is 41.1 Å². The van der Waals surface area contributed by atoms with Crippen molar-refractivity contribution in [3.63, 3.8) is 0 Å². The van der Waals surface area contributed by atoms with Gasteiger partial charge in [0.25, 0.3) is 17.9 Å². The van der Waals surface area contributed by atoms with Crippen LogP contribution in [-0.2, 0) is 26.2 Å². The number of benzene rings is 2. The van der Waals surface area contributed by atoms with Crippen molar-refractivity contribution in [1.82, 2.24) is 9.97 Å². The van der Waals surface area contributed by atoms with E-state index in [0.29, 0.717) is 78.5 Å². The van der Waals surface area contributed by atoms with E-state index < -0.39 is 17.9 Å². The molecule has 1 heterocycles. The number of rotatable bonds is 22. The van der Waals surface area contributed by atoms with Gasteiger partial charge in [-0.2, -0.15) is 4.39 Å². The summed E-state index contributed by atoms with van der Waals surface area (Å²) in [6.45, 7) is 9.68. The number of Topliss-reactive ketones (excluding diaryl/α,β-unsaturated/α-hetero) is 1. The number of nitrogens with one attached hydrogen (secondary N) is 3. The third-order valence-corrected chi connectivity index (χ3v) is 10.4. The molecule has 0 aliphatic rings. The van der Waals surface area contributed by atoms with E-state index in [-0.39, 0.29) is 59.5 Å². The molecule has 0 bridgehead atoms. The number of alkyl halides is 4.